The quantitative estimate of drug-likeness (QED) is 0.186. The van der Waals surface area contributed by atoms with Crippen LogP contribution < -0.4 is 4.74 Å². The summed E-state index contributed by atoms with van der Waals surface area (Å²) in [7, 11) is -3.70. The predicted octanol–water partition coefficient (Wildman–Crippen LogP) is 8.79. The van der Waals surface area contributed by atoms with Crippen LogP contribution in [-0.4, -0.2) is 43.7 Å². The molecule has 0 bridgehead atoms. The highest BCUT2D eigenvalue weighted by atomic mass is 32.2. The van der Waals surface area contributed by atoms with Crippen LogP contribution in [0.15, 0.2) is 42.5 Å². The van der Waals surface area contributed by atoms with E-state index in [9.17, 15) is 35.5 Å². The number of phenols is 1. The van der Waals surface area contributed by atoms with E-state index in [4.69, 9.17) is 4.74 Å². The van der Waals surface area contributed by atoms with Gasteiger partial charge in [-0.05, 0) is 134 Å². The number of fused-ring (bicyclic) bond motifs is 5. The number of halogens is 5. The Morgan fingerprint density at radius 2 is 1.68 bits per heavy atom. The van der Waals surface area contributed by atoms with E-state index in [0.717, 1.165) is 25.0 Å². The molecule has 0 heterocycles. The lowest BCUT2D eigenvalue weighted by Crippen LogP contribution is -2.43. The van der Waals surface area contributed by atoms with Crippen LogP contribution in [0.5, 0.6) is 11.5 Å². The third kappa shape index (κ3) is 7.20. The Labute approximate surface area is 257 Å². The molecule has 3 aliphatic rings. The average Bonchev–Trinajstić information content (AvgIpc) is 3.35. The molecule has 0 aromatic heterocycles. The molecule has 3 aliphatic carbocycles. The summed E-state index contributed by atoms with van der Waals surface area (Å²) < 4.78 is 92.8. The largest absolute Gasteiger partial charge is 0.508 e. The van der Waals surface area contributed by atoms with Crippen molar-refractivity contribution < 1.29 is 40.2 Å². The number of phenolic OH excluding ortho intramolecular Hbond substituents is 1. The fourth-order valence-corrected chi connectivity index (χ4v) is 9.56. The molecule has 0 unspecified atom stereocenters. The van der Waals surface area contributed by atoms with Gasteiger partial charge in [-0.1, -0.05) is 25.1 Å². The number of ether oxygens (including phenoxy) is 1. The third-order valence-electron chi connectivity index (χ3n) is 10.3. The Morgan fingerprint density at radius 3 is 2.41 bits per heavy atom. The zero-order valence-electron chi connectivity index (χ0n) is 25.1. The second kappa shape index (κ2) is 12.8. The van der Waals surface area contributed by atoms with Crippen molar-refractivity contribution in [1.29, 1.82) is 0 Å². The van der Waals surface area contributed by atoms with Gasteiger partial charge >= 0.3 is 12.1 Å². The number of aromatic hydroxyl groups is 1. The molecule has 0 spiro atoms. The van der Waals surface area contributed by atoms with Crippen LogP contribution in [-0.2, 0) is 16.3 Å². The summed E-state index contributed by atoms with van der Waals surface area (Å²) in [6.45, 7) is 2.81. The zero-order valence-corrected chi connectivity index (χ0v) is 25.9. The maximum absolute atomic E-state index is 13.0. The van der Waals surface area contributed by atoms with Crippen molar-refractivity contribution in [2.75, 3.05) is 18.1 Å². The lowest BCUT2D eigenvalue weighted by molar-refractivity contribution is -0.284. The monoisotopic (exact) mass is 641 g/mol. The smallest absolute Gasteiger partial charge is 0.453 e. The summed E-state index contributed by atoms with van der Waals surface area (Å²) in [6, 6.07) is 14.2. The van der Waals surface area contributed by atoms with Gasteiger partial charge in [0, 0.05) is 6.42 Å². The van der Waals surface area contributed by atoms with Crippen LogP contribution in [0, 0.1) is 23.7 Å². The van der Waals surface area contributed by atoms with Crippen molar-refractivity contribution >= 4 is 9.84 Å². The Bertz CT molecular complexity index is 1390. The van der Waals surface area contributed by atoms with Gasteiger partial charge in [0.25, 0.3) is 0 Å². The van der Waals surface area contributed by atoms with Gasteiger partial charge in [-0.3, -0.25) is 0 Å². The minimum Gasteiger partial charge on any atom is -0.508 e. The summed E-state index contributed by atoms with van der Waals surface area (Å²) in [5, 5.41) is 10.1. The van der Waals surface area contributed by atoms with E-state index in [-0.39, 0.29) is 11.2 Å². The molecule has 10 heteroatoms. The van der Waals surface area contributed by atoms with Crippen LogP contribution >= 0.6 is 0 Å². The van der Waals surface area contributed by atoms with Crippen LogP contribution in [0.4, 0.5) is 22.0 Å². The Hall–Kier alpha value is -2.36. The topological polar surface area (TPSA) is 63.6 Å². The number of aryl methyl sites for hydroxylation is 1. The van der Waals surface area contributed by atoms with Gasteiger partial charge in [0.2, 0.25) is 0 Å². The van der Waals surface area contributed by atoms with Crippen LogP contribution in [0.1, 0.15) is 93.2 Å². The van der Waals surface area contributed by atoms with E-state index in [0.29, 0.717) is 55.3 Å². The maximum Gasteiger partial charge on any atom is 0.453 e. The molecule has 1 radical (unpaired) electrons. The lowest BCUT2D eigenvalue weighted by atomic mass is 9.51. The Kier molecular flexibility index (Phi) is 9.60. The van der Waals surface area contributed by atoms with E-state index in [1.807, 2.05) is 24.3 Å². The van der Waals surface area contributed by atoms with Crippen molar-refractivity contribution in [3.05, 3.63) is 65.6 Å². The second-order valence-corrected chi connectivity index (χ2v) is 15.6. The van der Waals surface area contributed by atoms with Gasteiger partial charge in [0.15, 0.2) is 0 Å². The highest BCUT2D eigenvalue weighted by molar-refractivity contribution is 7.91. The summed E-state index contributed by atoms with van der Waals surface area (Å²) in [5.41, 5.74) is 4.14. The standard InChI is InChI=1S/C34H42F5O4S/c1-32-16-5-7-30(32)28-14-10-24-21-25(40)11-15-27(24)31(28)29(22-32)23-8-12-26(13-9-23)43-18-3-2-4-19-44(41,42)20-6-17-33(35,36)34(37,38)39/h8-9,11-13,15-16,21,28-31,40H,2-7,10,14,17-20,22H2,1H3/t28-,29+,30-,31+,32-/m0/s1. The predicted molar refractivity (Wildman–Crippen MR) is 160 cm³/mol. The van der Waals surface area contributed by atoms with Gasteiger partial charge in [-0.25, -0.2) is 8.42 Å². The number of hydrogen-bond acceptors (Lipinski definition) is 4. The van der Waals surface area contributed by atoms with Crippen molar-refractivity contribution in [3.63, 3.8) is 0 Å². The van der Waals surface area contributed by atoms with Crippen molar-refractivity contribution in [2.24, 2.45) is 17.3 Å². The van der Waals surface area contributed by atoms with Crippen molar-refractivity contribution in [1.82, 2.24) is 0 Å². The first-order valence-electron chi connectivity index (χ1n) is 15.7. The minimum absolute atomic E-state index is 0.219. The average molecular weight is 642 g/mol. The highest BCUT2D eigenvalue weighted by Crippen LogP contribution is 2.64. The van der Waals surface area contributed by atoms with Gasteiger partial charge in [0.05, 0.1) is 18.1 Å². The molecule has 2 fully saturated rings. The van der Waals surface area contributed by atoms with Crippen LogP contribution in [0.25, 0.3) is 0 Å². The number of alkyl halides is 5. The zero-order chi connectivity index (χ0) is 31.8. The lowest BCUT2D eigenvalue weighted by Gasteiger charge is -2.53. The fraction of sp³-hybridized carbons (Fsp3) is 0.618. The first-order valence-corrected chi connectivity index (χ1v) is 17.6. The van der Waals surface area contributed by atoms with E-state index < -0.39 is 40.5 Å². The number of sulfone groups is 1. The molecule has 5 rings (SSSR count). The molecule has 2 aromatic carbocycles. The van der Waals surface area contributed by atoms with E-state index in [1.165, 1.54) is 29.5 Å². The number of unbranched alkanes of at least 4 members (excludes halogenated alkanes) is 2. The van der Waals surface area contributed by atoms with Gasteiger partial charge < -0.3 is 9.84 Å². The molecule has 2 saturated carbocycles. The summed E-state index contributed by atoms with van der Waals surface area (Å²) >= 11 is 0. The van der Waals surface area contributed by atoms with Gasteiger partial charge in [-0.2, -0.15) is 22.0 Å². The summed E-state index contributed by atoms with van der Waals surface area (Å²) in [4.78, 5) is 0. The summed E-state index contributed by atoms with van der Waals surface area (Å²) in [6.07, 6.45) is 1.68. The Morgan fingerprint density at radius 1 is 0.955 bits per heavy atom. The second-order valence-electron chi connectivity index (χ2n) is 13.3. The van der Waals surface area contributed by atoms with Crippen LogP contribution in [0.2, 0.25) is 0 Å². The Balaban J connectivity index is 1.12. The summed E-state index contributed by atoms with van der Waals surface area (Å²) in [5.74, 6) is -2.70. The molecule has 243 valence electrons. The van der Waals surface area contributed by atoms with E-state index >= 15 is 0 Å². The molecule has 4 nitrogen and oxygen atoms in total. The molecule has 5 atom stereocenters. The molecular weight excluding hydrogens is 599 g/mol. The maximum atomic E-state index is 13.0. The minimum atomic E-state index is -5.67. The molecule has 44 heavy (non-hydrogen) atoms. The SMILES string of the molecule is C[C@@]12[CH]CC[C@H]1[C@@H]1CCc3cc(O)ccc3[C@H]1[C@@H](c1ccc(OCCCCCS(=O)(=O)CCCC(F)(F)C(F)(F)F)cc1)C2. The first kappa shape index (κ1) is 33.0. The normalized spacial score (nSPS) is 27.0. The molecular formula is C34H42F5O4S. The number of rotatable bonds is 12. The molecule has 0 amide bonds. The van der Waals surface area contributed by atoms with Crippen LogP contribution in [0.3, 0.4) is 0 Å². The van der Waals surface area contributed by atoms with Gasteiger partial charge in [-0.15, -0.1) is 0 Å². The van der Waals surface area contributed by atoms with E-state index in [1.54, 1.807) is 0 Å². The highest BCUT2D eigenvalue weighted by Gasteiger charge is 2.57. The van der Waals surface area contributed by atoms with Crippen molar-refractivity contribution in [2.45, 2.75) is 95.1 Å². The third-order valence-corrected chi connectivity index (χ3v) is 12.1. The number of hydrogen-bond donors (Lipinski definition) is 1. The molecule has 0 saturated heterocycles. The first-order chi connectivity index (χ1) is 20.7. The number of benzene rings is 2. The van der Waals surface area contributed by atoms with E-state index in [2.05, 4.69) is 31.5 Å². The molecule has 1 N–H and O–H groups in total. The van der Waals surface area contributed by atoms with Gasteiger partial charge in [0.1, 0.15) is 21.3 Å². The fourth-order valence-electron chi connectivity index (χ4n) is 8.13. The van der Waals surface area contributed by atoms with Crippen molar-refractivity contribution in [3.8, 4) is 11.5 Å². The molecule has 0 aliphatic heterocycles. The molecule has 2 aromatic rings.